The fraction of sp³-hybridized carbons (Fsp3) is 0.571. The van der Waals surface area contributed by atoms with E-state index in [1.54, 1.807) is 0 Å². The fourth-order valence-electron chi connectivity index (χ4n) is 1.47. The molecule has 0 heterocycles. The van der Waals surface area contributed by atoms with Gasteiger partial charge in [0, 0.05) is 12.6 Å². The number of ether oxygens (including phenoxy) is 2. The highest BCUT2D eigenvalue weighted by atomic mass is 16.7. The van der Waals surface area contributed by atoms with E-state index in [0.717, 1.165) is 18.6 Å². The van der Waals surface area contributed by atoms with Gasteiger partial charge in [-0.2, -0.15) is 0 Å². The van der Waals surface area contributed by atoms with Crippen LogP contribution in [0.5, 0.6) is 5.75 Å². The van der Waals surface area contributed by atoms with Gasteiger partial charge in [0.05, 0.1) is 0 Å². The fourth-order valence-corrected chi connectivity index (χ4v) is 1.47. The van der Waals surface area contributed by atoms with Gasteiger partial charge >= 0.3 is 0 Å². The molecule has 1 atom stereocenters. The van der Waals surface area contributed by atoms with Crippen LogP contribution in [0, 0.1) is 0 Å². The molecule has 0 aromatic heterocycles. The highest BCUT2D eigenvalue weighted by Gasteiger charge is 2.00. The van der Waals surface area contributed by atoms with Gasteiger partial charge in [-0.3, -0.25) is 0 Å². The standard InChI is InChI=1S/C14H23NO2/c1-4-16-11-17-14-9-7-13(8-10-14)6-5-12(2)15-3/h7-10,12,15H,4-6,11H2,1-3H3. The van der Waals surface area contributed by atoms with Gasteiger partial charge in [0.2, 0.25) is 0 Å². The van der Waals surface area contributed by atoms with Crippen molar-refractivity contribution in [1.82, 2.24) is 5.32 Å². The van der Waals surface area contributed by atoms with Crippen molar-refractivity contribution in [3.63, 3.8) is 0 Å². The van der Waals surface area contributed by atoms with Crippen LogP contribution in [0.2, 0.25) is 0 Å². The summed E-state index contributed by atoms with van der Waals surface area (Å²) in [5.41, 5.74) is 1.34. The molecule has 1 aromatic rings. The number of aryl methyl sites for hydroxylation is 1. The van der Waals surface area contributed by atoms with E-state index in [9.17, 15) is 0 Å². The Morgan fingerprint density at radius 1 is 1.24 bits per heavy atom. The molecule has 0 saturated heterocycles. The smallest absolute Gasteiger partial charge is 0.189 e. The lowest BCUT2D eigenvalue weighted by molar-refractivity contribution is 0.0224. The molecule has 0 amide bonds. The van der Waals surface area contributed by atoms with Gasteiger partial charge in [0.15, 0.2) is 6.79 Å². The summed E-state index contributed by atoms with van der Waals surface area (Å²) in [4.78, 5) is 0. The Balaban J connectivity index is 2.34. The Morgan fingerprint density at radius 2 is 1.94 bits per heavy atom. The average Bonchev–Trinajstić information content (AvgIpc) is 2.37. The van der Waals surface area contributed by atoms with Crippen LogP contribution < -0.4 is 10.1 Å². The third kappa shape index (κ3) is 5.71. The molecule has 0 spiro atoms. The lowest BCUT2D eigenvalue weighted by Crippen LogP contribution is -2.21. The Labute approximate surface area is 104 Å². The van der Waals surface area contributed by atoms with Crippen LogP contribution >= 0.6 is 0 Å². The molecule has 0 aliphatic carbocycles. The van der Waals surface area contributed by atoms with Gasteiger partial charge in [0.25, 0.3) is 0 Å². The SMILES string of the molecule is CCOCOc1ccc(CCC(C)NC)cc1. The minimum atomic E-state index is 0.326. The van der Waals surface area contributed by atoms with Crippen LogP contribution in [0.3, 0.4) is 0 Å². The monoisotopic (exact) mass is 237 g/mol. The van der Waals surface area contributed by atoms with Gasteiger partial charge < -0.3 is 14.8 Å². The summed E-state index contributed by atoms with van der Waals surface area (Å²) in [6.45, 7) is 5.15. The second-order valence-corrected chi connectivity index (χ2v) is 4.13. The largest absolute Gasteiger partial charge is 0.468 e. The first-order valence-corrected chi connectivity index (χ1v) is 6.23. The second kappa shape index (κ2) is 8.09. The predicted octanol–water partition coefficient (Wildman–Crippen LogP) is 2.60. The molecule has 0 aliphatic heterocycles. The minimum Gasteiger partial charge on any atom is -0.468 e. The molecular weight excluding hydrogens is 214 g/mol. The Hall–Kier alpha value is -1.06. The highest BCUT2D eigenvalue weighted by molar-refractivity contribution is 5.27. The van der Waals surface area contributed by atoms with E-state index in [1.165, 1.54) is 5.56 Å². The zero-order chi connectivity index (χ0) is 12.5. The van der Waals surface area contributed by atoms with Crippen LogP contribution in [0.15, 0.2) is 24.3 Å². The maximum Gasteiger partial charge on any atom is 0.189 e. The molecular formula is C14H23NO2. The number of nitrogens with one attached hydrogen (secondary N) is 1. The van der Waals surface area contributed by atoms with Crippen LogP contribution in [-0.4, -0.2) is 26.5 Å². The maximum absolute atomic E-state index is 5.41. The second-order valence-electron chi connectivity index (χ2n) is 4.13. The molecule has 3 nitrogen and oxygen atoms in total. The average molecular weight is 237 g/mol. The van der Waals surface area contributed by atoms with Crippen LogP contribution in [0.1, 0.15) is 25.8 Å². The third-order valence-electron chi connectivity index (χ3n) is 2.80. The molecule has 0 radical (unpaired) electrons. The van der Waals surface area contributed by atoms with Gasteiger partial charge in [-0.15, -0.1) is 0 Å². The van der Waals surface area contributed by atoms with Crippen molar-refractivity contribution < 1.29 is 9.47 Å². The summed E-state index contributed by atoms with van der Waals surface area (Å²) in [6.07, 6.45) is 2.24. The predicted molar refractivity (Wildman–Crippen MR) is 70.4 cm³/mol. The summed E-state index contributed by atoms with van der Waals surface area (Å²) in [6, 6.07) is 8.79. The first-order valence-electron chi connectivity index (χ1n) is 6.23. The molecule has 1 rings (SSSR count). The van der Waals surface area contributed by atoms with E-state index in [0.29, 0.717) is 19.4 Å². The van der Waals surface area contributed by atoms with Crippen molar-refractivity contribution in [3.05, 3.63) is 29.8 Å². The van der Waals surface area contributed by atoms with Gasteiger partial charge in [-0.1, -0.05) is 12.1 Å². The number of benzene rings is 1. The first kappa shape index (κ1) is 14.0. The lowest BCUT2D eigenvalue weighted by atomic mass is 10.1. The van der Waals surface area contributed by atoms with E-state index in [2.05, 4.69) is 24.4 Å². The summed E-state index contributed by atoms with van der Waals surface area (Å²) in [5.74, 6) is 0.865. The number of hydrogen-bond donors (Lipinski definition) is 1. The van der Waals surface area contributed by atoms with E-state index in [-0.39, 0.29) is 0 Å². The van der Waals surface area contributed by atoms with Gasteiger partial charge in [0.1, 0.15) is 5.75 Å². The normalized spacial score (nSPS) is 12.4. The van der Waals surface area contributed by atoms with Crippen LogP contribution in [-0.2, 0) is 11.2 Å². The maximum atomic E-state index is 5.41. The van der Waals surface area contributed by atoms with Crippen LogP contribution in [0.4, 0.5) is 0 Å². The molecule has 0 bridgehead atoms. The van der Waals surface area contributed by atoms with Crippen molar-refractivity contribution in [2.45, 2.75) is 32.7 Å². The molecule has 17 heavy (non-hydrogen) atoms. The molecule has 1 unspecified atom stereocenters. The van der Waals surface area contributed by atoms with E-state index in [4.69, 9.17) is 9.47 Å². The van der Waals surface area contributed by atoms with Crippen molar-refractivity contribution in [1.29, 1.82) is 0 Å². The quantitative estimate of drug-likeness (QED) is 0.557. The van der Waals surface area contributed by atoms with Crippen LogP contribution in [0.25, 0.3) is 0 Å². The zero-order valence-corrected chi connectivity index (χ0v) is 11.0. The van der Waals surface area contributed by atoms with Gasteiger partial charge in [-0.05, 0) is 51.4 Å². The lowest BCUT2D eigenvalue weighted by Gasteiger charge is -2.10. The van der Waals surface area contributed by atoms with E-state index >= 15 is 0 Å². The first-order chi connectivity index (χ1) is 8.26. The van der Waals surface area contributed by atoms with E-state index < -0.39 is 0 Å². The summed E-state index contributed by atoms with van der Waals surface area (Å²) < 4.78 is 10.5. The molecule has 0 fully saturated rings. The van der Waals surface area contributed by atoms with Gasteiger partial charge in [-0.25, -0.2) is 0 Å². The molecule has 0 aliphatic rings. The molecule has 1 N–H and O–H groups in total. The Bertz CT molecular complexity index is 298. The van der Waals surface area contributed by atoms with Crippen molar-refractivity contribution in [2.24, 2.45) is 0 Å². The molecule has 0 saturated carbocycles. The van der Waals surface area contributed by atoms with Crippen molar-refractivity contribution in [2.75, 3.05) is 20.4 Å². The van der Waals surface area contributed by atoms with Crippen molar-refractivity contribution in [3.8, 4) is 5.75 Å². The minimum absolute atomic E-state index is 0.326. The molecule has 3 heteroatoms. The highest BCUT2D eigenvalue weighted by Crippen LogP contribution is 2.13. The molecule has 1 aromatic carbocycles. The Kier molecular flexibility index (Phi) is 6.67. The third-order valence-corrected chi connectivity index (χ3v) is 2.80. The summed E-state index contributed by atoms with van der Waals surface area (Å²) in [7, 11) is 2.00. The summed E-state index contributed by atoms with van der Waals surface area (Å²) >= 11 is 0. The number of rotatable bonds is 8. The molecule has 96 valence electrons. The number of hydrogen-bond acceptors (Lipinski definition) is 3. The Morgan fingerprint density at radius 3 is 2.53 bits per heavy atom. The zero-order valence-electron chi connectivity index (χ0n) is 11.0. The topological polar surface area (TPSA) is 30.5 Å². The van der Waals surface area contributed by atoms with Crippen molar-refractivity contribution >= 4 is 0 Å². The van der Waals surface area contributed by atoms with E-state index in [1.807, 2.05) is 26.1 Å². The summed E-state index contributed by atoms with van der Waals surface area (Å²) in [5, 5.41) is 3.24.